The van der Waals surface area contributed by atoms with Gasteiger partial charge in [-0.25, -0.2) is 0 Å². The molecular formula is C31H54N2O14. The largest absolute Gasteiger partial charge is 0.388 e. The topological polar surface area (TPSA) is 256 Å². The molecule has 2 aliphatic heterocycles. The number of unbranched alkanes of at least 4 members (excludes halogenated alkanes) is 3. The number of Topliss-reactive ketones (excluding diaryl/α,β-unsaturated/α-hetero) is 3. The Morgan fingerprint density at radius 2 is 0.915 bits per heavy atom. The highest BCUT2D eigenvalue weighted by Gasteiger charge is 2.43. The van der Waals surface area contributed by atoms with Crippen LogP contribution in [0.5, 0.6) is 0 Å². The second-order valence-corrected chi connectivity index (χ2v) is 12.5. The van der Waals surface area contributed by atoms with E-state index >= 15 is 0 Å². The Morgan fingerprint density at radius 3 is 1.30 bits per heavy atom. The first kappa shape index (κ1) is 41.2. The third kappa shape index (κ3) is 14.6. The maximum atomic E-state index is 12.8. The Bertz CT molecular complexity index is 930. The summed E-state index contributed by atoms with van der Waals surface area (Å²) < 4.78 is 21.7. The van der Waals surface area contributed by atoms with Gasteiger partial charge < -0.3 is 55.3 Å². The van der Waals surface area contributed by atoms with Crippen LogP contribution in [0.25, 0.3) is 0 Å². The highest BCUT2D eigenvalue weighted by atomic mass is 16.7. The first-order valence-electron chi connectivity index (χ1n) is 16.4. The summed E-state index contributed by atoms with van der Waals surface area (Å²) >= 11 is 0. The van der Waals surface area contributed by atoms with Gasteiger partial charge >= 0.3 is 0 Å². The molecule has 2 fully saturated rings. The molecule has 0 aromatic carbocycles. The van der Waals surface area contributed by atoms with Gasteiger partial charge in [-0.05, 0) is 39.5 Å². The molecule has 0 aromatic heterocycles. The van der Waals surface area contributed by atoms with Crippen molar-refractivity contribution in [3.63, 3.8) is 0 Å². The van der Waals surface area contributed by atoms with Crippen LogP contribution in [0.2, 0.25) is 0 Å². The molecule has 16 nitrogen and oxygen atoms in total. The lowest BCUT2D eigenvalue weighted by Gasteiger charge is -2.38. The van der Waals surface area contributed by atoms with Crippen LogP contribution in [-0.2, 0) is 38.1 Å². The summed E-state index contributed by atoms with van der Waals surface area (Å²) in [5.41, 5.74) is 5.14. The first-order chi connectivity index (χ1) is 22.2. The van der Waals surface area contributed by atoms with Crippen LogP contribution in [0.3, 0.4) is 0 Å². The van der Waals surface area contributed by atoms with E-state index in [-0.39, 0.29) is 88.2 Å². The summed E-state index contributed by atoms with van der Waals surface area (Å²) in [6, 6.07) is 0. The van der Waals surface area contributed by atoms with Gasteiger partial charge in [0.1, 0.15) is 54.0 Å². The number of carbonyl (C=O) groups excluding carboxylic acids is 4. The zero-order chi connectivity index (χ0) is 35.1. The van der Waals surface area contributed by atoms with Crippen molar-refractivity contribution in [3.8, 4) is 0 Å². The second-order valence-electron chi connectivity index (χ2n) is 12.5. The van der Waals surface area contributed by atoms with Gasteiger partial charge in [0, 0.05) is 25.7 Å². The molecular weight excluding hydrogens is 624 g/mol. The van der Waals surface area contributed by atoms with Gasteiger partial charge in [0.15, 0.2) is 12.6 Å². The third-order valence-electron chi connectivity index (χ3n) is 8.21. The van der Waals surface area contributed by atoms with Crippen LogP contribution in [0.1, 0.15) is 78.1 Å². The van der Waals surface area contributed by atoms with Crippen LogP contribution in [0, 0.1) is 0 Å². The van der Waals surface area contributed by atoms with Crippen LogP contribution in [0.15, 0.2) is 0 Å². The second kappa shape index (κ2) is 21.2. The number of hydrogen-bond donors (Lipinski definition) is 7. The van der Waals surface area contributed by atoms with Crippen molar-refractivity contribution in [1.82, 2.24) is 4.90 Å². The van der Waals surface area contributed by atoms with E-state index in [1.54, 1.807) is 0 Å². The fourth-order valence-corrected chi connectivity index (χ4v) is 5.37. The lowest BCUT2D eigenvalue weighted by molar-refractivity contribution is -0.293. The third-order valence-corrected chi connectivity index (χ3v) is 8.21. The van der Waals surface area contributed by atoms with Gasteiger partial charge in [-0.15, -0.1) is 0 Å². The summed E-state index contributed by atoms with van der Waals surface area (Å²) in [6.45, 7) is 2.68. The highest BCUT2D eigenvalue weighted by Crippen LogP contribution is 2.23. The number of amides is 1. The summed E-state index contributed by atoms with van der Waals surface area (Å²) in [5.74, 6) is -0.985. The number of aliphatic hydroxyl groups is 6. The molecule has 0 aliphatic carbocycles. The van der Waals surface area contributed by atoms with Crippen molar-refractivity contribution >= 4 is 23.3 Å². The Kier molecular flexibility index (Phi) is 18.6. The van der Waals surface area contributed by atoms with E-state index in [1.165, 1.54) is 18.7 Å². The number of ketones is 3. The molecule has 47 heavy (non-hydrogen) atoms. The molecule has 2 saturated heterocycles. The summed E-state index contributed by atoms with van der Waals surface area (Å²) in [5, 5.41) is 59.6. The summed E-state index contributed by atoms with van der Waals surface area (Å²) in [7, 11) is 0. The monoisotopic (exact) mass is 678 g/mol. The Labute approximate surface area is 275 Å². The van der Waals surface area contributed by atoms with Crippen LogP contribution < -0.4 is 5.73 Å². The quantitative estimate of drug-likeness (QED) is 0.0581. The average Bonchev–Trinajstić information content (AvgIpc) is 3.01. The summed E-state index contributed by atoms with van der Waals surface area (Å²) in [4.78, 5) is 50.7. The van der Waals surface area contributed by atoms with E-state index in [2.05, 4.69) is 0 Å². The lowest BCUT2D eigenvalue weighted by atomic mass is 10.00. The molecule has 272 valence electrons. The van der Waals surface area contributed by atoms with E-state index < -0.39 is 61.4 Å². The maximum Gasteiger partial charge on any atom is 0.217 e. The van der Waals surface area contributed by atoms with E-state index in [4.69, 9.17) is 24.7 Å². The van der Waals surface area contributed by atoms with Crippen LogP contribution >= 0.6 is 0 Å². The number of ether oxygens (including phenoxy) is 4. The molecule has 0 saturated carbocycles. The van der Waals surface area contributed by atoms with E-state index in [9.17, 15) is 49.8 Å². The molecule has 1 amide bonds. The lowest BCUT2D eigenvalue weighted by Crippen LogP contribution is -2.57. The minimum Gasteiger partial charge on any atom is -0.388 e. The fraction of sp³-hybridized carbons (Fsp3) is 0.871. The van der Waals surface area contributed by atoms with Gasteiger partial charge in [-0.3, -0.25) is 24.1 Å². The molecule has 0 radical (unpaired) electrons. The number of aliphatic hydroxyl groups excluding tert-OH is 6. The van der Waals surface area contributed by atoms with E-state index in [0.29, 0.717) is 19.3 Å². The van der Waals surface area contributed by atoms with E-state index in [1.807, 2.05) is 0 Å². The molecule has 2 heterocycles. The number of primary amides is 1. The number of hydrogen-bond acceptors (Lipinski definition) is 15. The van der Waals surface area contributed by atoms with Crippen molar-refractivity contribution in [3.05, 3.63) is 0 Å². The van der Waals surface area contributed by atoms with Crippen molar-refractivity contribution in [2.45, 2.75) is 139 Å². The summed E-state index contributed by atoms with van der Waals surface area (Å²) in [6.07, 6.45) is -8.29. The zero-order valence-corrected chi connectivity index (χ0v) is 27.4. The van der Waals surface area contributed by atoms with Gasteiger partial charge in [0.05, 0.1) is 45.1 Å². The number of carbonyl (C=O) groups is 4. The van der Waals surface area contributed by atoms with Gasteiger partial charge in [0.25, 0.3) is 0 Å². The Morgan fingerprint density at radius 1 is 0.553 bits per heavy atom. The van der Waals surface area contributed by atoms with Gasteiger partial charge in [0.2, 0.25) is 5.91 Å². The van der Waals surface area contributed by atoms with Gasteiger partial charge in [-0.1, -0.05) is 12.8 Å². The minimum atomic E-state index is -1.46. The maximum absolute atomic E-state index is 12.8. The normalized spacial score (nSPS) is 31.2. The molecule has 0 spiro atoms. The van der Waals surface area contributed by atoms with E-state index in [0.717, 1.165) is 12.8 Å². The van der Waals surface area contributed by atoms with Crippen LogP contribution in [0.4, 0.5) is 0 Å². The van der Waals surface area contributed by atoms with Crippen molar-refractivity contribution in [1.29, 1.82) is 0 Å². The number of nitrogens with zero attached hydrogens (tertiary/aromatic N) is 1. The Hall–Kier alpha value is -1.96. The standard InChI is InChI=1S/C31H54N2O14/c1-18-24(38)26(40)28(42)30(46-18)44-13-7-10-21(35)16-33(15-20(34)9-5-3-4-6-12-23(32)37)17-22(36)11-8-14-45-31-29(43)27(41)25(39)19(2)47-31/h18-19,24-31,38-43H,3-17H2,1-2H3,(H2,32,37)/t18-,19-,24+,25+,26+,27+,28-,29-,30-,31-/m0/s1. The van der Waals surface area contributed by atoms with Gasteiger partial charge in [-0.2, -0.15) is 0 Å². The molecule has 0 bridgehead atoms. The molecule has 0 unspecified atom stereocenters. The SMILES string of the molecule is C[C@@H]1O[C@H](OCCCC(=O)CN(CC(=O)CCCCCCC(N)=O)CC(=O)CCCO[C@H]2O[C@@H](C)[C@@H](O)[C@@H](O)[C@@H]2O)[C@@H](O)[C@H](O)[C@@H]1O. The Balaban J connectivity index is 1.81. The van der Waals surface area contributed by atoms with Crippen molar-refractivity contribution in [2.24, 2.45) is 5.73 Å². The molecule has 2 rings (SSSR count). The predicted octanol–water partition coefficient (Wildman–Crippen LogP) is -1.93. The highest BCUT2D eigenvalue weighted by molar-refractivity contribution is 5.86. The van der Waals surface area contributed by atoms with Crippen LogP contribution in [-0.4, -0.2) is 153 Å². The molecule has 16 heteroatoms. The van der Waals surface area contributed by atoms with Crippen molar-refractivity contribution < 1.29 is 68.8 Å². The first-order valence-corrected chi connectivity index (χ1v) is 16.4. The minimum absolute atomic E-state index is 0.0186. The molecule has 8 N–H and O–H groups in total. The molecule has 2 aliphatic rings. The number of rotatable bonds is 23. The predicted molar refractivity (Wildman–Crippen MR) is 163 cm³/mol. The average molecular weight is 679 g/mol. The van der Waals surface area contributed by atoms with Crippen molar-refractivity contribution in [2.75, 3.05) is 32.8 Å². The molecule has 10 atom stereocenters. The number of nitrogens with two attached hydrogens (primary N) is 1. The molecule has 0 aromatic rings. The smallest absolute Gasteiger partial charge is 0.217 e. The fourth-order valence-electron chi connectivity index (χ4n) is 5.37. The zero-order valence-electron chi connectivity index (χ0n) is 27.4.